The maximum absolute atomic E-state index is 11.4. The standard InChI is InChI=1S/C9H12O3S.Na.H/c1-2-8-12-13(10,11)9-6-4-3-5-7-9;;/h3-7H,2,8H2,1H3;;. The summed E-state index contributed by atoms with van der Waals surface area (Å²) in [4.78, 5) is 0.212. The Labute approximate surface area is 107 Å². The molecule has 1 aromatic carbocycles. The Morgan fingerprint density at radius 1 is 1.21 bits per heavy atom. The van der Waals surface area contributed by atoms with Gasteiger partial charge in [0.2, 0.25) is 0 Å². The second-order valence-electron chi connectivity index (χ2n) is 2.59. The van der Waals surface area contributed by atoms with E-state index in [1.54, 1.807) is 18.2 Å². The van der Waals surface area contributed by atoms with Crippen molar-refractivity contribution in [2.24, 2.45) is 0 Å². The summed E-state index contributed by atoms with van der Waals surface area (Å²) >= 11 is 0. The maximum atomic E-state index is 11.4. The third-order valence-corrected chi connectivity index (χ3v) is 2.80. The van der Waals surface area contributed by atoms with Crippen LogP contribution >= 0.6 is 0 Å². The van der Waals surface area contributed by atoms with E-state index >= 15 is 0 Å². The zero-order valence-electron chi connectivity index (χ0n) is 7.43. The molecule has 0 saturated heterocycles. The average Bonchev–Trinajstić information content (AvgIpc) is 2.16. The molecule has 0 aliphatic heterocycles. The number of hydrogen-bond donors (Lipinski definition) is 0. The molecule has 74 valence electrons. The molecule has 1 rings (SSSR count). The van der Waals surface area contributed by atoms with Gasteiger partial charge in [-0.05, 0) is 18.6 Å². The molecule has 0 spiro atoms. The second kappa shape index (κ2) is 6.58. The summed E-state index contributed by atoms with van der Waals surface area (Å²) < 4.78 is 27.5. The summed E-state index contributed by atoms with van der Waals surface area (Å²) in [7, 11) is -3.52. The fourth-order valence-electron chi connectivity index (χ4n) is 0.848. The molecule has 3 nitrogen and oxygen atoms in total. The fourth-order valence-corrected chi connectivity index (χ4v) is 1.86. The molecule has 0 amide bonds. The molecule has 0 heterocycles. The molecule has 0 aliphatic carbocycles. The quantitative estimate of drug-likeness (QED) is 0.569. The number of hydrogen-bond acceptors (Lipinski definition) is 3. The van der Waals surface area contributed by atoms with Crippen LogP contribution in [0.5, 0.6) is 0 Å². The van der Waals surface area contributed by atoms with Crippen LogP contribution in [0.4, 0.5) is 0 Å². The van der Waals surface area contributed by atoms with Crippen LogP contribution in [-0.4, -0.2) is 44.6 Å². The summed E-state index contributed by atoms with van der Waals surface area (Å²) in [6.07, 6.45) is 0.687. The van der Waals surface area contributed by atoms with Crippen molar-refractivity contribution in [3.63, 3.8) is 0 Å². The normalized spacial score (nSPS) is 10.6. The van der Waals surface area contributed by atoms with Gasteiger partial charge in [0.15, 0.2) is 0 Å². The fraction of sp³-hybridized carbons (Fsp3) is 0.333. The third kappa shape index (κ3) is 4.11. The van der Waals surface area contributed by atoms with Crippen molar-refractivity contribution >= 4 is 39.7 Å². The first kappa shape index (κ1) is 14.1. The van der Waals surface area contributed by atoms with E-state index < -0.39 is 10.1 Å². The van der Waals surface area contributed by atoms with E-state index in [4.69, 9.17) is 4.18 Å². The van der Waals surface area contributed by atoms with E-state index in [0.29, 0.717) is 6.42 Å². The molecular formula is C9H13NaO3S. The number of rotatable bonds is 4. The van der Waals surface area contributed by atoms with Gasteiger partial charge in [-0.2, -0.15) is 8.42 Å². The van der Waals surface area contributed by atoms with E-state index in [9.17, 15) is 8.42 Å². The van der Waals surface area contributed by atoms with Crippen molar-refractivity contribution in [3.05, 3.63) is 30.3 Å². The summed E-state index contributed by atoms with van der Waals surface area (Å²) in [5.74, 6) is 0. The van der Waals surface area contributed by atoms with Crippen LogP contribution in [-0.2, 0) is 14.3 Å². The summed E-state index contributed by atoms with van der Waals surface area (Å²) in [5, 5.41) is 0. The van der Waals surface area contributed by atoms with Crippen LogP contribution in [0.15, 0.2) is 35.2 Å². The molecular weight excluding hydrogens is 211 g/mol. The molecule has 1 aromatic rings. The molecule has 0 N–H and O–H groups in total. The molecule has 0 saturated carbocycles. The van der Waals surface area contributed by atoms with Gasteiger partial charge < -0.3 is 0 Å². The Morgan fingerprint density at radius 2 is 1.79 bits per heavy atom. The molecule has 0 unspecified atom stereocenters. The summed E-state index contributed by atoms with van der Waals surface area (Å²) in [6, 6.07) is 8.14. The van der Waals surface area contributed by atoms with Gasteiger partial charge in [0.1, 0.15) is 0 Å². The Kier molecular flexibility index (Phi) is 6.64. The molecule has 0 fully saturated rings. The van der Waals surface area contributed by atoms with Crippen molar-refractivity contribution < 1.29 is 12.6 Å². The van der Waals surface area contributed by atoms with Gasteiger partial charge in [0.05, 0.1) is 11.5 Å². The van der Waals surface area contributed by atoms with Gasteiger partial charge >= 0.3 is 29.6 Å². The van der Waals surface area contributed by atoms with Crippen LogP contribution < -0.4 is 0 Å². The van der Waals surface area contributed by atoms with Gasteiger partial charge in [-0.25, -0.2) is 0 Å². The van der Waals surface area contributed by atoms with E-state index in [-0.39, 0.29) is 41.1 Å². The Balaban J connectivity index is 0.00000169. The average molecular weight is 224 g/mol. The van der Waals surface area contributed by atoms with Gasteiger partial charge in [0.25, 0.3) is 10.1 Å². The monoisotopic (exact) mass is 224 g/mol. The number of benzene rings is 1. The van der Waals surface area contributed by atoms with E-state index in [1.165, 1.54) is 12.1 Å². The van der Waals surface area contributed by atoms with Crippen molar-refractivity contribution in [1.29, 1.82) is 0 Å². The van der Waals surface area contributed by atoms with Crippen molar-refractivity contribution in [3.8, 4) is 0 Å². The minimum atomic E-state index is -3.52. The molecule has 0 aromatic heterocycles. The topological polar surface area (TPSA) is 43.4 Å². The van der Waals surface area contributed by atoms with Gasteiger partial charge in [0, 0.05) is 0 Å². The zero-order valence-corrected chi connectivity index (χ0v) is 8.25. The van der Waals surface area contributed by atoms with Crippen LogP contribution in [0, 0.1) is 0 Å². The van der Waals surface area contributed by atoms with Gasteiger partial charge in [-0.1, -0.05) is 25.1 Å². The Hall–Kier alpha value is 0.130. The van der Waals surface area contributed by atoms with Crippen molar-refractivity contribution in [2.75, 3.05) is 6.61 Å². The molecule has 0 bridgehead atoms. The van der Waals surface area contributed by atoms with Gasteiger partial charge in [-0.15, -0.1) is 0 Å². The van der Waals surface area contributed by atoms with E-state index in [0.717, 1.165) is 0 Å². The summed E-state index contributed by atoms with van der Waals surface area (Å²) in [5.41, 5.74) is 0. The molecule has 0 radical (unpaired) electrons. The predicted octanol–water partition coefficient (Wildman–Crippen LogP) is 1.15. The van der Waals surface area contributed by atoms with Crippen LogP contribution in [0.2, 0.25) is 0 Å². The molecule has 0 atom stereocenters. The Morgan fingerprint density at radius 3 is 2.29 bits per heavy atom. The minimum absolute atomic E-state index is 0. The molecule has 0 aliphatic rings. The van der Waals surface area contributed by atoms with Crippen LogP contribution in [0.1, 0.15) is 13.3 Å². The third-order valence-electron chi connectivity index (χ3n) is 1.47. The first-order valence-electron chi connectivity index (χ1n) is 4.11. The van der Waals surface area contributed by atoms with Crippen LogP contribution in [0.25, 0.3) is 0 Å². The van der Waals surface area contributed by atoms with Crippen LogP contribution in [0.3, 0.4) is 0 Å². The predicted molar refractivity (Wildman–Crippen MR) is 57.0 cm³/mol. The van der Waals surface area contributed by atoms with Crippen molar-refractivity contribution in [1.82, 2.24) is 0 Å². The first-order chi connectivity index (χ1) is 6.17. The zero-order chi connectivity index (χ0) is 9.73. The summed E-state index contributed by atoms with van der Waals surface area (Å²) in [6.45, 7) is 2.09. The SMILES string of the molecule is CCCOS(=O)(=O)c1ccccc1.[NaH]. The van der Waals surface area contributed by atoms with E-state index in [1.807, 2.05) is 6.92 Å². The van der Waals surface area contributed by atoms with E-state index in [2.05, 4.69) is 0 Å². The first-order valence-corrected chi connectivity index (χ1v) is 5.52. The van der Waals surface area contributed by atoms with Crippen molar-refractivity contribution in [2.45, 2.75) is 18.2 Å². The molecule has 14 heavy (non-hydrogen) atoms. The Bertz CT molecular complexity index is 348. The van der Waals surface area contributed by atoms with Gasteiger partial charge in [-0.3, -0.25) is 4.18 Å². The molecule has 5 heteroatoms. The second-order valence-corrected chi connectivity index (χ2v) is 4.20.